The molecule has 0 aromatic heterocycles. The number of phenolic OH excluding ortho intramolecular Hbond substituents is 1. The predicted molar refractivity (Wildman–Crippen MR) is 145 cm³/mol. The van der Waals surface area contributed by atoms with Crippen molar-refractivity contribution in [3.05, 3.63) is 108 Å². The van der Waals surface area contributed by atoms with Gasteiger partial charge in [0.25, 0.3) is 0 Å². The molecule has 0 saturated heterocycles. The maximum absolute atomic E-state index is 13.8. The summed E-state index contributed by atoms with van der Waals surface area (Å²) < 4.78 is 0. The molecule has 5 rings (SSSR count). The lowest BCUT2D eigenvalue weighted by Gasteiger charge is -2.26. The number of para-hydroxylation sites is 1. The summed E-state index contributed by atoms with van der Waals surface area (Å²) in [6.07, 6.45) is 2.08. The van der Waals surface area contributed by atoms with Crippen LogP contribution in [0.15, 0.2) is 96.1 Å². The summed E-state index contributed by atoms with van der Waals surface area (Å²) in [5, 5.41) is 18.4. The van der Waals surface area contributed by atoms with E-state index in [2.05, 4.69) is 30.3 Å². The van der Waals surface area contributed by atoms with Crippen LogP contribution < -0.4 is 10.6 Å². The Labute approximate surface area is 211 Å². The maximum Gasteiger partial charge on any atom is 0.345 e. The molecule has 6 nitrogen and oxygen atoms in total. The quantitative estimate of drug-likeness (QED) is 0.342. The summed E-state index contributed by atoms with van der Waals surface area (Å²) >= 11 is 0. The molecule has 4 aromatic rings. The van der Waals surface area contributed by atoms with Gasteiger partial charge < -0.3 is 10.8 Å². The van der Waals surface area contributed by atoms with Gasteiger partial charge in [-0.05, 0) is 72.0 Å². The molecule has 0 spiro atoms. The van der Waals surface area contributed by atoms with Gasteiger partial charge in [0, 0.05) is 12.1 Å². The highest BCUT2D eigenvalue weighted by Crippen LogP contribution is 2.30. The molecular formula is C30H30N4O2. The fourth-order valence-corrected chi connectivity index (χ4v) is 4.61. The molecule has 2 amide bonds. The standard InChI is InChI=1S/C30H30N4O2/c31-18-5-19-34-30(36)33(21-23-10-14-24-6-1-2-7-25(24)20-23)29-9-4-3-8-27(29)28(32-34)17-13-22-11-15-26(35)16-12-22/h1-4,6-12,14-16,20,35H,5,13,17-19,21,31H2. The molecule has 1 aliphatic heterocycles. The number of aryl methyl sites for hydroxylation is 1. The lowest BCUT2D eigenvalue weighted by Crippen LogP contribution is -2.40. The minimum absolute atomic E-state index is 0.149. The number of benzene rings is 4. The number of anilines is 1. The smallest absolute Gasteiger partial charge is 0.345 e. The number of hydrogen-bond acceptors (Lipinski definition) is 4. The molecule has 6 heteroatoms. The topological polar surface area (TPSA) is 82.2 Å². The third-order valence-electron chi connectivity index (χ3n) is 6.51. The highest BCUT2D eigenvalue weighted by atomic mass is 16.3. The molecule has 0 saturated carbocycles. The highest BCUT2D eigenvalue weighted by Gasteiger charge is 2.29. The summed E-state index contributed by atoms with van der Waals surface area (Å²) in [6, 6.07) is 29.6. The van der Waals surface area contributed by atoms with Gasteiger partial charge in [0.2, 0.25) is 0 Å². The Kier molecular flexibility index (Phi) is 6.96. The van der Waals surface area contributed by atoms with Crippen LogP contribution in [0.4, 0.5) is 10.5 Å². The molecule has 36 heavy (non-hydrogen) atoms. The number of nitrogens with zero attached hydrogens (tertiary/aromatic N) is 3. The zero-order valence-electron chi connectivity index (χ0n) is 20.2. The van der Waals surface area contributed by atoms with Crippen molar-refractivity contribution in [1.29, 1.82) is 0 Å². The predicted octanol–water partition coefficient (Wildman–Crippen LogP) is 5.67. The van der Waals surface area contributed by atoms with Crippen LogP contribution in [-0.2, 0) is 13.0 Å². The van der Waals surface area contributed by atoms with Crippen LogP contribution in [0.25, 0.3) is 10.8 Å². The normalized spacial score (nSPS) is 13.5. The van der Waals surface area contributed by atoms with Crippen molar-refractivity contribution in [2.75, 3.05) is 18.0 Å². The number of hydrazone groups is 1. The zero-order chi connectivity index (χ0) is 24.9. The van der Waals surface area contributed by atoms with Gasteiger partial charge in [-0.25, -0.2) is 9.80 Å². The Balaban J connectivity index is 1.50. The van der Waals surface area contributed by atoms with Crippen molar-refractivity contribution >= 4 is 28.2 Å². The number of aromatic hydroxyl groups is 1. The first-order chi connectivity index (χ1) is 17.6. The van der Waals surface area contributed by atoms with Crippen molar-refractivity contribution in [2.24, 2.45) is 10.8 Å². The SMILES string of the molecule is NCCCN1N=C(CCc2ccc(O)cc2)c2ccccc2N(Cc2ccc3ccccc3c2)C1=O. The van der Waals surface area contributed by atoms with E-state index in [1.54, 1.807) is 17.1 Å². The fraction of sp³-hybridized carbons (Fsp3) is 0.200. The Morgan fingerprint density at radius 1 is 0.806 bits per heavy atom. The molecule has 0 unspecified atom stereocenters. The average Bonchev–Trinajstić information content (AvgIpc) is 3.02. The Bertz CT molecular complexity index is 1400. The number of fused-ring (bicyclic) bond motifs is 2. The molecule has 0 aliphatic carbocycles. The van der Waals surface area contributed by atoms with Crippen LogP contribution in [0, 0.1) is 0 Å². The number of hydrogen-bond donors (Lipinski definition) is 2. The van der Waals surface area contributed by atoms with Crippen LogP contribution in [0.2, 0.25) is 0 Å². The van der Waals surface area contributed by atoms with Gasteiger partial charge in [0.1, 0.15) is 5.75 Å². The number of amides is 2. The molecule has 0 atom stereocenters. The molecule has 0 radical (unpaired) electrons. The van der Waals surface area contributed by atoms with Crippen LogP contribution >= 0.6 is 0 Å². The van der Waals surface area contributed by atoms with E-state index in [-0.39, 0.29) is 11.8 Å². The molecule has 0 fully saturated rings. The molecule has 182 valence electrons. The number of carbonyl (C=O) groups excluding carboxylic acids is 1. The molecule has 4 aromatic carbocycles. The summed E-state index contributed by atoms with van der Waals surface area (Å²) in [5.74, 6) is 0.249. The van der Waals surface area contributed by atoms with Crippen molar-refractivity contribution in [3.63, 3.8) is 0 Å². The first kappa shape index (κ1) is 23.6. The maximum atomic E-state index is 13.8. The fourth-order valence-electron chi connectivity index (χ4n) is 4.61. The van der Waals surface area contributed by atoms with E-state index in [1.807, 2.05) is 53.4 Å². The van der Waals surface area contributed by atoms with E-state index in [0.29, 0.717) is 32.5 Å². The second-order valence-electron chi connectivity index (χ2n) is 9.05. The minimum Gasteiger partial charge on any atom is -0.508 e. The van der Waals surface area contributed by atoms with Crippen LogP contribution in [0.3, 0.4) is 0 Å². The second kappa shape index (κ2) is 10.6. The van der Waals surface area contributed by atoms with Gasteiger partial charge in [-0.1, -0.05) is 66.7 Å². The number of phenols is 1. The van der Waals surface area contributed by atoms with Crippen molar-refractivity contribution in [1.82, 2.24) is 5.01 Å². The summed E-state index contributed by atoms with van der Waals surface area (Å²) in [5.41, 5.74) is 10.6. The van der Waals surface area contributed by atoms with Gasteiger partial charge in [-0.2, -0.15) is 5.10 Å². The summed E-state index contributed by atoms with van der Waals surface area (Å²) in [4.78, 5) is 15.6. The largest absolute Gasteiger partial charge is 0.508 e. The molecule has 3 N–H and O–H groups in total. The third kappa shape index (κ3) is 5.09. The van der Waals surface area contributed by atoms with E-state index < -0.39 is 0 Å². The van der Waals surface area contributed by atoms with E-state index in [1.165, 1.54) is 5.39 Å². The van der Waals surface area contributed by atoms with Gasteiger partial charge in [0.05, 0.1) is 17.9 Å². The monoisotopic (exact) mass is 478 g/mol. The molecule has 1 heterocycles. The first-order valence-corrected chi connectivity index (χ1v) is 12.3. The third-order valence-corrected chi connectivity index (χ3v) is 6.51. The van der Waals surface area contributed by atoms with E-state index in [4.69, 9.17) is 10.8 Å². The molecule has 1 aliphatic rings. The Hall–Kier alpha value is -4.16. The average molecular weight is 479 g/mol. The first-order valence-electron chi connectivity index (χ1n) is 12.3. The van der Waals surface area contributed by atoms with Crippen molar-refractivity contribution < 1.29 is 9.90 Å². The number of carbonyl (C=O) groups is 1. The molecular weight excluding hydrogens is 448 g/mol. The zero-order valence-corrected chi connectivity index (χ0v) is 20.2. The number of nitrogens with two attached hydrogens (primary N) is 1. The Morgan fingerprint density at radius 2 is 1.53 bits per heavy atom. The van der Waals surface area contributed by atoms with Gasteiger partial charge in [-0.15, -0.1) is 0 Å². The van der Waals surface area contributed by atoms with Gasteiger partial charge in [0.15, 0.2) is 0 Å². The lowest BCUT2D eigenvalue weighted by atomic mass is 10.00. The van der Waals surface area contributed by atoms with E-state index in [0.717, 1.165) is 39.9 Å². The minimum atomic E-state index is -0.149. The van der Waals surface area contributed by atoms with Gasteiger partial charge in [-0.3, -0.25) is 4.90 Å². The number of urea groups is 1. The summed E-state index contributed by atoms with van der Waals surface area (Å²) in [6.45, 7) is 1.39. The summed E-state index contributed by atoms with van der Waals surface area (Å²) in [7, 11) is 0. The second-order valence-corrected chi connectivity index (χ2v) is 9.05. The van der Waals surface area contributed by atoms with E-state index in [9.17, 15) is 9.90 Å². The van der Waals surface area contributed by atoms with Crippen LogP contribution in [-0.4, -0.2) is 34.9 Å². The highest BCUT2D eigenvalue weighted by molar-refractivity contribution is 6.10. The Morgan fingerprint density at radius 3 is 2.33 bits per heavy atom. The molecule has 0 bridgehead atoms. The van der Waals surface area contributed by atoms with Crippen molar-refractivity contribution in [3.8, 4) is 5.75 Å². The van der Waals surface area contributed by atoms with Crippen LogP contribution in [0.1, 0.15) is 29.5 Å². The van der Waals surface area contributed by atoms with Crippen molar-refractivity contribution in [2.45, 2.75) is 25.8 Å². The van der Waals surface area contributed by atoms with Crippen LogP contribution in [0.5, 0.6) is 5.75 Å². The lowest BCUT2D eigenvalue weighted by molar-refractivity contribution is 0.206. The van der Waals surface area contributed by atoms with Gasteiger partial charge >= 0.3 is 6.03 Å². The van der Waals surface area contributed by atoms with E-state index >= 15 is 0 Å². The number of rotatable bonds is 8.